The zero-order valence-corrected chi connectivity index (χ0v) is 12.1. The molecule has 108 valence electrons. The zero-order chi connectivity index (χ0) is 14.1. The normalized spacial score (nSPS) is 12.2. The first-order chi connectivity index (χ1) is 9.21. The number of rotatable bonds is 9. The molecule has 19 heavy (non-hydrogen) atoms. The minimum atomic E-state index is 0.146. The van der Waals surface area contributed by atoms with Crippen LogP contribution in [0.1, 0.15) is 32.3 Å². The third-order valence-electron chi connectivity index (χ3n) is 2.85. The minimum absolute atomic E-state index is 0.146. The van der Waals surface area contributed by atoms with Gasteiger partial charge in [0.05, 0.1) is 6.61 Å². The average Bonchev–Trinajstić information content (AvgIpc) is 2.44. The van der Waals surface area contributed by atoms with Crippen LogP contribution in [0.3, 0.4) is 0 Å². The van der Waals surface area contributed by atoms with Gasteiger partial charge in [0.25, 0.3) is 0 Å². The second-order valence-corrected chi connectivity index (χ2v) is 4.54. The van der Waals surface area contributed by atoms with Crippen LogP contribution in [-0.2, 0) is 11.2 Å². The van der Waals surface area contributed by atoms with Gasteiger partial charge in [0.2, 0.25) is 0 Å². The lowest BCUT2D eigenvalue weighted by Gasteiger charge is -2.15. The number of ether oxygens (including phenoxy) is 3. The van der Waals surface area contributed by atoms with Gasteiger partial charge in [0.15, 0.2) is 6.79 Å². The fraction of sp³-hybridized carbons (Fsp3) is 0.600. The van der Waals surface area contributed by atoms with Gasteiger partial charge in [-0.1, -0.05) is 19.9 Å². The molecule has 0 fully saturated rings. The lowest BCUT2D eigenvalue weighted by atomic mass is 10.0. The molecule has 2 N–H and O–H groups in total. The van der Waals surface area contributed by atoms with Gasteiger partial charge in [-0.25, -0.2) is 0 Å². The predicted molar refractivity (Wildman–Crippen MR) is 76.7 cm³/mol. The Labute approximate surface area is 115 Å². The van der Waals surface area contributed by atoms with E-state index in [0.717, 1.165) is 36.3 Å². The molecule has 4 nitrogen and oxygen atoms in total. The van der Waals surface area contributed by atoms with Crippen LogP contribution >= 0.6 is 0 Å². The van der Waals surface area contributed by atoms with E-state index in [1.165, 1.54) is 0 Å². The molecule has 1 aromatic carbocycles. The summed E-state index contributed by atoms with van der Waals surface area (Å²) in [6.45, 7) is 5.10. The lowest BCUT2D eigenvalue weighted by Crippen LogP contribution is -2.21. The molecule has 0 aliphatic heterocycles. The molecule has 0 heterocycles. The first kappa shape index (κ1) is 15.8. The molecule has 0 bridgehead atoms. The number of hydrogen-bond acceptors (Lipinski definition) is 4. The van der Waals surface area contributed by atoms with Crippen LogP contribution in [0, 0.1) is 0 Å². The summed E-state index contributed by atoms with van der Waals surface area (Å²) in [6, 6.07) is 6.04. The van der Waals surface area contributed by atoms with Crippen LogP contribution in [-0.4, -0.2) is 26.6 Å². The molecule has 0 radical (unpaired) electrons. The smallest absolute Gasteiger partial charge is 0.188 e. The van der Waals surface area contributed by atoms with Crippen molar-refractivity contribution in [3.63, 3.8) is 0 Å². The summed E-state index contributed by atoms with van der Waals surface area (Å²) in [6.07, 6.45) is 2.72. The number of hydrogen-bond donors (Lipinski definition) is 1. The molecule has 4 heteroatoms. The standard InChI is InChI=1S/C15H25NO3/c1-4-8-18-14-7-6-12(9-13(16)5-2)15(10-14)19-11-17-3/h6-7,10,13H,4-5,8-9,11,16H2,1-3H3. The van der Waals surface area contributed by atoms with Crippen molar-refractivity contribution in [3.05, 3.63) is 23.8 Å². The monoisotopic (exact) mass is 267 g/mol. The van der Waals surface area contributed by atoms with Crippen molar-refractivity contribution in [1.29, 1.82) is 0 Å². The lowest BCUT2D eigenvalue weighted by molar-refractivity contribution is 0.0502. The van der Waals surface area contributed by atoms with E-state index in [1.807, 2.05) is 18.2 Å². The van der Waals surface area contributed by atoms with Crippen molar-refractivity contribution in [3.8, 4) is 11.5 Å². The summed E-state index contributed by atoms with van der Waals surface area (Å²) in [5.41, 5.74) is 7.10. The van der Waals surface area contributed by atoms with Crippen LogP contribution < -0.4 is 15.2 Å². The first-order valence-corrected chi connectivity index (χ1v) is 6.84. The molecule has 0 saturated carbocycles. The van der Waals surface area contributed by atoms with Crippen LogP contribution in [0.2, 0.25) is 0 Å². The van der Waals surface area contributed by atoms with Crippen molar-refractivity contribution in [2.45, 2.75) is 39.2 Å². The Morgan fingerprint density at radius 2 is 2.00 bits per heavy atom. The Morgan fingerprint density at radius 1 is 1.21 bits per heavy atom. The van der Waals surface area contributed by atoms with Crippen molar-refractivity contribution >= 4 is 0 Å². The molecule has 0 amide bonds. The largest absolute Gasteiger partial charge is 0.493 e. The van der Waals surface area contributed by atoms with E-state index in [1.54, 1.807) is 7.11 Å². The molecule has 0 saturated heterocycles. The van der Waals surface area contributed by atoms with Crippen LogP contribution in [0.4, 0.5) is 0 Å². The Morgan fingerprint density at radius 3 is 2.63 bits per heavy atom. The zero-order valence-electron chi connectivity index (χ0n) is 12.1. The molecule has 1 aromatic rings. The molecule has 0 spiro atoms. The van der Waals surface area contributed by atoms with Crippen molar-refractivity contribution in [2.24, 2.45) is 5.73 Å². The van der Waals surface area contributed by atoms with Gasteiger partial charge in [0, 0.05) is 19.2 Å². The number of methoxy groups -OCH3 is 1. The van der Waals surface area contributed by atoms with Gasteiger partial charge in [0.1, 0.15) is 11.5 Å². The topological polar surface area (TPSA) is 53.7 Å². The van der Waals surface area contributed by atoms with Crippen molar-refractivity contribution in [1.82, 2.24) is 0 Å². The summed E-state index contributed by atoms with van der Waals surface area (Å²) in [5.74, 6) is 1.61. The average molecular weight is 267 g/mol. The maximum absolute atomic E-state index is 6.00. The molecule has 0 aliphatic carbocycles. The summed E-state index contributed by atoms with van der Waals surface area (Å²) in [7, 11) is 1.61. The summed E-state index contributed by atoms with van der Waals surface area (Å²) in [5, 5.41) is 0. The third kappa shape index (κ3) is 5.49. The van der Waals surface area contributed by atoms with Gasteiger partial charge in [-0.3, -0.25) is 0 Å². The van der Waals surface area contributed by atoms with Crippen LogP contribution in [0.15, 0.2) is 18.2 Å². The highest BCUT2D eigenvalue weighted by atomic mass is 16.7. The Bertz CT molecular complexity index is 368. The van der Waals surface area contributed by atoms with E-state index < -0.39 is 0 Å². The second-order valence-electron chi connectivity index (χ2n) is 4.54. The summed E-state index contributed by atoms with van der Waals surface area (Å²) >= 11 is 0. The maximum atomic E-state index is 6.00. The molecule has 1 rings (SSSR count). The van der Waals surface area contributed by atoms with Crippen LogP contribution in [0.25, 0.3) is 0 Å². The van der Waals surface area contributed by atoms with E-state index in [-0.39, 0.29) is 12.8 Å². The van der Waals surface area contributed by atoms with Gasteiger partial charge < -0.3 is 19.9 Å². The van der Waals surface area contributed by atoms with Crippen LogP contribution in [0.5, 0.6) is 11.5 Å². The van der Waals surface area contributed by atoms with E-state index in [0.29, 0.717) is 6.61 Å². The maximum Gasteiger partial charge on any atom is 0.188 e. The molecule has 0 aromatic heterocycles. The van der Waals surface area contributed by atoms with Gasteiger partial charge in [-0.2, -0.15) is 0 Å². The van der Waals surface area contributed by atoms with E-state index in [9.17, 15) is 0 Å². The number of nitrogens with two attached hydrogens (primary N) is 1. The highest BCUT2D eigenvalue weighted by molar-refractivity contribution is 5.41. The Kier molecular flexibility index (Phi) is 7.30. The molecule has 1 unspecified atom stereocenters. The molecule has 0 aliphatic rings. The quantitative estimate of drug-likeness (QED) is 0.699. The third-order valence-corrected chi connectivity index (χ3v) is 2.85. The van der Waals surface area contributed by atoms with Gasteiger partial charge in [-0.05, 0) is 30.9 Å². The number of benzene rings is 1. The van der Waals surface area contributed by atoms with Crippen molar-refractivity contribution < 1.29 is 14.2 Å². The fourth-order valence-corrected chi connectivity index (χ4v) is 1.70. The van der Waals surface area contributed by atoms with Gasteiger partial charge >= 0.3 is 0 Å². The Balaban J connectivity index is 2.82. The summed E-state index contributed by atoms with van der Waals surface area (Å²) < 4.78 is 16.2. The summed E-state index contributed by atoms with van der Waals surface area (Å²) in [4.78, 5) is 0. The Hall–Kier alpha value is -1.26. The first-order valence-electron chi connectivity index (χ1n) is 6.84. The van der Waals surface area contributed by atoms with E-state index in [4.69, 9.17) is 19.9 Å². The van der Waals surface area contributed by atoms with E-state index >= 15 is 0 Å². The molecular formula is C15H25NO3. The fourth-order valence-electron chi connectivity index (χ4n) is 1.70. The minimum Gasteiger partial charge on any atom is -0.493 e. The van der Waals surface area contributed by atoms with E-state index in [2.05, 4.69) is 13.8 Å². The van der Waals surface area contributed by atoms with Crippen molar-refractivity contribution in [2.75, 3.05) is 20.5 Å². The highest BCUT2D eigenvalue weighted by Gasteiger charge is 2.09. The molecular weight excluding hydrogens is 242 g/mol. The second kappa shape index (κ2) is 8.77. The molecule has 1 atom stereocenters. The highest BCUT2D eigenvalue weighted by Crippen LogP contribution is 2.26. The SMILES string of the molecule is CCCOc1ccc(CC(N)CC)c(OCOC)c1. The van der Waals surface area contributed by atoms with Gasteiger partial charge in [-0.15, -0.1) is 0 Å². The predicted octanol–water partition coefficient (Wildman–Crippen LogP) is 2.74.